The fourth-order valence-electron chi connectivity index (χ4n) is 3.89. The first-order valence-corrected chi connectivity index (χ1v) is 7.92. The van der Waals surface area contributed by atoms with Gasteiger partial charge in [-0.3, -0.25) is 4.90 Å². The van der Waals surface area contributed by atoms with Crippen molar-refractivity contribution in [1.82, 2.24) is 10.2 Å². The lowest BCUT2D eigenvalue weighted by Gasteiger charge is -2.26. The molecule has 3 heterocycles. The van der Waals surface area contributed by atoms with Crippen molar-refractivity contribution >= 4 is 5.97 Å². The van der Waals surface area contributed by atoms with Crippen LogP contribution in [0.4, 0.5) is 0 Å². The molecule has 0 aromatic carbocycles. The summed E-state index contributed by atoms with van der Waals surface area (Å²) in [5.41, 5.74) is 0.571. The highest BCUT2D eigenvalue weighted by atomic mass is 16.5. The zero-order valence-electron chi connectivity index (χ0n) is 12.8. The van der Waals surface area contributed by atoms with E-state index in [0.717, 1.165) is 43.7 Å². The molecule has 0 aliphatic carbocycles. The summed E-state index contributed by atoms with van der Waals surface area (Å²) in [5, 5.41) is 3.49. The van der Waals surface area contributed by atoms with Crippen LogP contribution in [-0.4, -0.2) is 43.2 Å². The molecule has 0 bridgehead atoms. The minimum absolute atomic E-state index is 0.282. The molecule has 0 amide bonds. The van der Waals surface area contributed by atoms with Crippen LogP contribution in [0.15, 0.2) is 16.7 Å². The van der Waals surface area contributed by atoms with Gasteiger partial charge in [-0.05, 0) is 44.3 Å². The molecule has 3 unspecified atom stereocenters. The minimum Gasteiger partial charge on any atom is -0.467 e. The maximum Gasteiger partial charge on any atom is 0.341 e. The summed E-state index contributed by atoms with van der Waals surface area (Å²) in [7, 11) is 0. The Bertz CT molecular complexity index is 499. The molecule has 1 aromatic heterocycles. The van der Waals surface area contributed by atoms with Crippen molar-refractivity contribution in [2.45, 2.75) is 32.9 Å². The van der Waals surface area contributed by atoms with Crippen LogP contribution in [0.1, 0.15) is 36.4 Å². The highest BCUT2D eigenvalue weighted by Crippen LogP contribution is 2.35. The van der Waals surface area contributed by atoms with E-state index in [-0.39, 0.29) is 5.97 Å². The Kier molecular flexibility index (Phi) is 4.31. The van der Waals surface area contributed by atoms with Crippen LogP contribution in [0.2, 0.25) is 0 Å². The number of hydrogen-bond donors (Lipinski definition) is 1. The summed E-state index contributed by atoms with van der Waals surface area (Å²) in [4.78, 5) is 14.4. The lowest BCUT2D eigenvalue weighted by molar-refractivity contribution is 0.0521. The van der Waals surface area contributed by atoms with Gasteiger partial charge in [0.25, 0.3) is 0 Å². The molecule has 3 rings (SSSR count). The second-order valence-corrected chi connectivity index (χ2v) is 5.97. The highest BCUT2D eigenvalue weighted by molar-refractivity contribution is 5.90. The first-order valence-electron chi connectivity index (χ1n) is 7.92. The third kappa shape index (κ3) is 2.72. The second-order valence-electron chi connectivity index (χ2n) is 5.97. The second kappa shape index (κ2) is 6.20. The number of likely N-dealkylation sites (tertiary alicyclic amines) is 1. The van der Waals surface area contributed by atoms with E-state index in [4.69, 9.17) is 9.15 Å². The number of fused-ring (bicyclic) bond motifs is 1. The summed E-state index contributed by atoms with van der Waals surface area (Å²) in [6, 6.07) is 2.29. The Labute approximate surface area is 125 Å². The number of hydrogen-bond acceptors (Lipinski definition) is 5. The normalized spacial score (nSPS) is 28.8. The number of rotatable bonds is 5. The molecule has 3 atom stereocenters. The Morgan fingerprint density at radius 3 is 3.10 bits per heavy atom. The quantitative estimate of drug-likeness (QED) is 0.840. The molecule has 2 aliphatic rings. The lowest BCUT2D eigenvalue weighted by Crippen LogP contribution is -2.34. The summed E-state index contributed by atoms with van der Waals surface area (Å²) >= 11 is 0. The monoisotopic (exact) mass is 292 g/mol. The van der Waals surface area contributed by atoms with Crippen molar-refractivity contribution < 1.29 is 13.9 Å². The summed E-state index contributed by atoms with van der Waals surface area (Å²) in [6.07, 6.45) is 2.72. The molecule has 2 saturated heterocycles. The number of nitrogens with one attached hydrogen (secondary N) is 1. The fourth-order valence-corrected chi connectivity index (χ4v) is 3.89. The largest absolute Gasteiger partial charge is 0.467 e. The molecule has 2 fully saturated rings. The van der Waals surface area contributed by atoms with Gasteiger partial charge in [-0.2, -0.15) is 0 Å². The predicted octanol–water partition coefficient (Wildman–Crippen LogP) is 1.89. The molecule has 116 valence electrons. The Balaban J connectivity index is 1.72. The van der Waals surface area contributed by atoms with Gasteiger partial charge in [0.15, 0.2) is 0 Å². The SMILES string of the molecule is CCOC(=O)c1ccoc1CN1CC2CNCC2C1CC. The molecular weight excluding hydrogens is 268 g/mol. The number of carbonyl (C=O) groups excluding carboxylic acids is 1. The Hall–Kier alpha value is -1.33. The van der Waals surface area contributed by atoms with Gasteiger partial charge in [0.2, 0.25) is 0 Å². The number of furan rings is 1. The van der Waals surface area contributed by atoms with E-state index in [1.165, 1.54) is 0 Å². The topological polar surface area (TPSA) is 54.7 Å². The zero-order valence-corrected chi connectivity index (χ0v) is 12.8. The Morgan fingerprint density at radius 2 is 2.33 bits per heavy atom. The third-order valence-corrected chi connectivity index (χ3v) is 4.83. The van der Waals surface area contributed by atoms with Crippen LogP contribution in [0.5, 0.6) is 0 Å². The van der Waals surface area contributed by atoms with Crippen molar-refractivity contribution in [2.75, 3.05) is 26.2 Å². The van der Waals surface area contributed by atoms with E-state index in [2.05, 4.69) is 17.1 Å². The molecule has 2 aliphatic heterocycles. The van der Waals surface area contributed by atoms with Crippen molar-refractivity contribution in [3.63, 3.8) is 0 Å². The molecule has 1 aromatic rings. The van der Waals surface area contributed by atoms with Gasteiger partial charge < -0.3 is 14.5 Å². The summed E-state index contributed by atoms with van der Waals surface area (Å²) in [5.74, 6) is 1.92. The van der Waals surface area contributed by atoms with Crippen LogP contribution in [-0.2, 0) is 11.3 Å². The third-order valence-electron chi connectivity index (χ3n) is 4.83. The molecule has 0 spiro atoms. The first-order chi connectivity index (χ1) is 10.2. The van der Waals surface area contributed by atoms with Gasteiger partial charge in [0, 0.05) is 12.6 Å². The van der Waals surface area contributed by atoms with Crippen molar-refractivity contribution in [1.29, 1.82) is 0 Å². The van der Waals surface area contributed by atoms with Crippen LogP contribution >= 0.6 is 0 Å². The smallest absolute Gasteiger partial charge is 0.341 e. The summed E-state index contributed by atoms with van der Waals surface area (Å²) < 4.78 is 10.6. The van der Waals surface area contributed by atoms with E-state index in [9.17, 15) is 4.79 Å². The highest BCUT2D eigenvalue weighted by Gasteiger charge is 2.43. The number of esters is 1. The van der Waals surface area contributed by atoms with Crippen LogP contribution in [0.3, 0.4) is 0 Å². The fraction of sp³-hybridized carbons (Fsp3) is 0.688. The maximum absolute atomic E-state index is 11.9. The number of ether oxygens (including phenoxy) is 1. The molecular formula is C16H24N2O3. The maximum atomic E-state index is 11.9. The number of nitrogens with zero attached hydrogens (tertiary/aromatic N) is 1. The van der Waals surface area contributed by atoms with Crippen LogP contribution in [0.25, 0.3) is 0 Å². The molecule has 5 heteroatoms. The van der Waals surface area contributed by atoms with E-state index in [1.54, 1.807) is 12.3 Å². The van der Waals surface area contributed by atoms with Gasteiger partial charge >= 0.3 is 5.97 Å². The number of carbonyl (C=O) groups is 1. The summed E-state index contributed by atoms with van der Waals surface area (Å²) in [6.45, 7) is 8.46. The average Bonchev–Trinajstić information content (AvgIpc) is 3.14. The van der Waals surface area contributed by atoms with Crippen molar-refractivity contribution in [3.05, 3.63) is 23.7 Å². The molecule has 5 nitrogen and oxygen atoms in total. The van der Waals surface area contributed by atoms with Gasteiger partial charge in [-0.1, -0.05) is 6.92 Å². The first kappa shape index (κ1) is 14.6. The van der Waals surface area contributed by atoms with E-state index in [0.29, 0.717) is 24.8 Å². The van der Waals surface area contributed by atoms with Crippen LogP contribution < -0.4 is 5.32 Å². The van der Waals surface area contributed by atoms with Crippen molar-refractivity contribution in [3.8, 4) is 0 Å². The van der Waals surface area contributed by atoms with Crippen molar-refractivity contribution in [2.24, 2.45) is 11.8 Å². The van der Waals surface area contributed by atoms with E-state index < -0.39 is 0 Å². The minimum atomic E-state index is -0.282. The lowest BCUT2D eigenvalue weighted by atomic mass is 9.93. The van der Waals surface area contributed by atoms with E-state index in [1.807, 2.05) is 6.92 Å². The average molecular weight is 292 g/mol. The molecule has 1 N–H and O–H groups in total. The molecule has 0 saturated carbocycles. The van der Waals surface area contributed by atoms with Gasteiger partial charge in [0.1, 0.15) is 11.3 Å². The Morgan fingerprint density at radius 1 is 1.48 bits per heavy atom. The zero-order chi connectivity index (χ0) is 14.8. The van der Waals surface area contributed by atoms with Gasteiger partial charge in [-0.25, -0.2) is 4.79 Å². The standard InChI is InChI=1S/C16H24N2O3/c1-3-14-13-8-17-7-11(13)9-18(14)10-15-12(5-6-21-15)16(19)20-4-2/h5-6,11,13-14,17H,3-4,7-10H2,1-2H3. The van der Waals surface area contributed by atoms with Gasteiger partial charge in [-0.15, -0.1) is 0 Å². The molecule has 0 radical (unpaired) electrons. The van der Waals surface area contributed by atoms with Gasteiger partial charge in [0.05, 0.1) is 19.4 Å². The molecule has 21 heavy (non-hydrogen) atoms. The predicted molar refractivity (Wildman–Crippen MR) is 79.0 cm³/mol. The van der Waals surface area contributed by atoms with E-state index >= 15 is 0 Å². The van der Waals surface area contributed by atoms with Crippen LogP contribution in [0, 0.1) is 11.8 Å².